The Morgan fingerprint density at radius 3 is 2.70 bits per heavy atom. The normalized spacial score (nSPS) is 25.5. The number of urea groups is 1. The molecular formula is C26H33N5O2. The first-order valence-corrected chi connectivity index (χ1v) is 12.1. The summed E-state index contributed by atoms with van der Waals surface area (Å²) in [6.45, 7) is 2.58. The number of anilines is 1. The van der Waals surface area contributed by atoms with E-state index < -0.39 is 5.54 Å². The van der Waals surface area contributed by atoms with E-state index in [0.29, 0.717) is 6.04 Å². The fourth-order valence-corrected chi connectivity index (χ4v) is 5.59. The number of hydrogen-bond donors (Lipinski definition) is 1. The van der Waals surface area contributed by atoms with Crippen molar-refractivity contribution in [3.8, 4) is 5.75 Å². The molecule has 0 bridgehead atoms. The van der Waals surface area contributed by atoms with Crippen LogP contribution in [0.4, 0.5) is 10.5 Å². The Kier molecular flexibility index (Phi) is 6.31. The lowest BCUT2D eigenvalue weighted by Gasteiger charge is -2.44. The molecule has 0 radical (unpaired) electrons. The second-order valence-electron chi connectivity index (χ2n) is 9.44. The number of methoxy groups -OCH3 is 1. The Balaban J connectivity index is 1.47. The van der Waals surface area contributed by atoms with Crippen molar-refractivity contribution in [3.63, 3.8) is 0 Å². The van der Waals surface area contributed by atoms with Gasteiger partial charge in [0.15, 0.2) is 0 Å². The molecular weight excluding hydrogens is 414 g/mol. The molecule has 2 aliphatic heterocycles. The largest absolute Gasteiger partial charge is 0.497 e. The van der Waals surface area contributed by atoms with Gasteiger partial charge in [0.05, 0.1) is 25.0 Å². The molecule has 7 nitrogen and oxygen atoms in total. The minimum absolute atomic E-state index is 0.0937. The number of nitrogens with one attached hydrogen (secondary N) is 1. The number of ether oxygens (including phenoxy) is 1. The van der Waals surface area contributed by atoms with Crippen LogP contribution in [0.5, 0.6) is 5.75 Å². The molecule has 1 aliphatic carbocycles. The topological polar surface area (TPSA) is 70.1 Å². The van der Waals surface area contributed by atoms with Crippen LogP contribution in [0.1, 0.15) is 50.5 Å². The number of benzene rings is 1. The van der Waals surface area contributed by atoms with Crippen LogP contribution in [-0.4, -0.2) is 53.5 Å². The van der Waals surface area contributed by atoms with E-state index in [1.165, 1.54) is 24.8 Å². The van der Waals surface area contributed by atoms with Crippen LogP contribution in [0, 0.1) is 0 Å². The van der Waals surface area contributed by atoms with Crippen molar-refractivity contribution >= 4 is 17.6 Å². The molecule has 1 aromatic heterocycles. The van der Waals surface area contributed by atoms with Crippen LogP contribution >= 0.6 is 0 Å². The predicted molar refractivity (Wildman–Crippen MR) is 130 cm³/mol. The Morgan fingerprint density at radius 2 is 1.97 bits per heavy atom. The van der Waals surface area contributed by atoms with Crippen LogP contribution in [0.25, 0.3) is 0 Å². The molecule has 1 aromatic carbocycles. The molecule has 1 N–H and O–H groups in total. The van der Waals surface area contributed by atoms with Crippen LogP contribution in [0.3, 0.4) is 0 Å². The van der Waals surface area contributed by atoms with Crippen molar-refractivity contribution in [2.45, 2.75) is 63.1 Å². The number of carbonyl (C=O) groups excluding carboxylic acids is 1. The highest BCUT2D eigenvalue weighted by atomic mass is 16.5. The fraction of sp³-hybridized carbons (Fsp3) is 0.500. The average molecular weight is 448 g/mol. The number of aromatic nitrogens is 1. The number of nitrogens with zero attached hydrogens (tertiary/aromatic N) is 4. The van der Waals surface area contributed by atoms with Crippen molar-refractivity contribution in [1.82, 2.24) is 15.2 Å². The van der Waals surface area contributed by atoms with Gasteiger partial charge in [-0.1, -0.05) is 31.4 Å². The number of amidine groups is 1. The molecule has 7 heteroatoms. The van der Waals surface area contributed by atoms with Crippen LogP contribution in [0.2, 0.25) is 0 Å². The molecule has 33 heavy (non-hydrogen) atoms. The summed E-state index contributed by atoms with van der Waals surface area (Å²) in [6.07, 6.45) is 11.4. The van der Waals surface area contributed by atoms with Gasteiger partial charge >= 0.3 is 6.03 Å². The molecule has 1 saturated carbocycles. The number of rotatable bonds is 5. The third kappa shape index (κ3) is 4.47. The molecule has 3 heterocycles. The zero-order valence-electron chi connectivity index (χ0n) is 19.4. The van der Waals surface area contributed by atoms with Crippen molar-refractivity contribution in [2.75, 3.05) is 25.1 Å². The van der Waals surface area contributed by atoms with E-state index in [9.17, 15) is 4.79 Å². The van der Waals surface area contributed by atoms with Gasteiger partial charge in [0.2, 0.25) is 0 Å². The van der Waals surface area contributed by atoms with Gasteiger partial charge in [-0.15, -0.1) is 0 Å². The standard InChI is InChI=1S/C26H33N5O2/c1-33-23-12-10-20(11-13-23)18-30-16-6-14-26(19-30)24(28-21-7-3-2-4-8-21)29-25(32)31(26)22-9-5-15-27-17-22/h5,9-13,15,17,21H,2-4,6-8,14,16,18-19H2,1H3,(H,28,29,32). The molecule has 5 rings (SSSR count). The molecule has 3 fully saturated rings. The number of aliphatic imine (C=N–C) groups is 1. The minimum Gasteiger partial charge on any atom is -0.497 e. The summed E-state index contributed by atoms with van der Waals surface area (Å²) in [7, 11) is 1.69. The van der Waals surface area contributed by atoms with Gasteiger partial charge in [0.1, 0.15) is 17.1 Å². The van der Waals surface area contributed by atoms with Gasteiger partial charge in [0.25, 0.3) is 0 Å². The summed E-state index contributed by atoms with van der Waals surface area (Å²) in [4.78, 5) is 27.2. The maximum atomic E-state index is 13.3. The second kappa shape index (κ2) is 9.51. The van der Waals surface area contributed by atoms with Gasteiger partial charge in [-0.2, -0.15) is 0 Å². The molecule has 2 saturated heterocycles. The molecule has 2 amide bonds. The second-order valence-corrected chi connectivity index (χ2v) is 9.44. The van der Waals surface area contributed by atoms with Crippen molar-refractivity contribution in [2.24, 2.45) is 4.99 Å². The van der Waals surface area contributed by atoms with Crippen LogP contribution in [-0.2, 0) is 6.54 Å². The molecule has 1 spiro atoms. The Morgan fingerprint density at radius 1 is 1.15 bits per heavy atom. The predicted octanol–water partition coefficient (Wildman–Crippen LogP) is 4.39. The first-order chi connectivity index (χ1) is 16.2. The molecule has 3 aliphatic rings. The van der Waals surface area contributed by atoms with Crippen molar-refractivity contribution in [1.29, 1.82) is 0 Å². The zero-order valence-corrected chi connectivity index (χ0v) is 19.4. The number of pyridine rings is 1. The Bertz CT molecular complexity index is 988. The lowest BCUT2D eigenvalue weighted by molar-refractivity contribution is 0.176. The summed E-state index contributed by atoms with van der Waals surface area (Å²) in [6, 6.07) is 12.3. The van der Waals surface area contributed by atoms with E-state index in [2.05, 4.69) is 27.3 Å². The highest BCUT2D eigenvalue weighted by molar-refractivity contribution is 6.19. The fourth-order valence-electron chi connectivity index (χ4n) is 5.59. The first kappa shape index (κ1) is 21.9. The van der Waals surface area contributed by atoms with Crippen molar-refractivity contribution in [3.05, 3.63) is 54.4 Å². The summed E-state index contributed by atoms with van der Waals surface area (Å²) in [5, 5.41) is 3.18. The SMILES string of the molecule is COc1ccc(CN2CCCC3(C2)C(=NC2CCCCC2)NC(=O)N3c2cccnc2)cc1. The van der Waals surface area contributed by atoms with Gasteiger partial charge in [0, 0.05) is 19.3 Å². The number of carbonyl (C=O) groups is 1. The Labute approximate surface area is 195 Å². The van der Waals surface area contributed by atoms with Gasteiger partial charge in [-0.25, -0.2) is 4.79 Å². The molecule has 2 aromatic rings. The maximum Gasteiger partial charge on any atom is 0.328 e. The van der Waals surface area contributed by atoms with E-state index in [-0.39, 0.29) is 6.03 Å². The molecule has 1 atom stereocenters. The van der Waals surface area contributed by atoms with E-state index in [4.69, 9.17) is 9.73 Å². The van der Waals surface area contributed by atoms with Crippen molar-refractivity contribution < 1.29 is 9.53 Å². The van der Waals surface area contributed by atoms with E-state index in [1.54, 1.807) is 19.5 Å². The number of hydrogen-bond acceptors (Lipinski definition) is 5. The zero-order chi connectivity index (χ0) is 22.7. The third-order valence-electron chi connectivity index (χ3n) is 7.20. The average Bonchev–Trinajstić information content (AvgIpc) is 3.10. The van der Waals surface area contributed by atoms with E-state index in [1.807, 2.05) is 29.2 Å². The summed E-state index contributed by atoms with van der Waals surface area (Å²) in [5.41, 5.74) is 1.58. The lowest BCUT2D eigenvalue weighted by Crippen LogP contribution is -2.60. The van der Waals surface area contributed by atoms with Crippen LogP contribution < -0.4 is 15.0 Å². The van der Waals surface area contributed by atoms with Gasteiger partial charge in [-0.3, -0.25) is 25.1 Å². The maximum absolute atomic E-state index is 13.3. The first-order valence-electron chi connectivity index (χ1n) is 12.1. The highest BCUT2D eigenvalue weighted by Crippen LogP contribution is 2.37. The molecule has 174 valence electrons. The minimum atomic E-state index is -0.484. The quantitative estimate of drug-likeness (QED) is 0.738. The number of amides is 2. The van der Waals surface area contributed by atoms with Gasteiger partial charge < -0.3 is 4.74 Å². The summed E-state index contributed by atoms with van der Waals surface area (Å²) in [5.74, 6) is 1.71. The summed E-state index contributed by atoms with van der Waals surface area (Å²) < 4.78 is 5.31. The van der Waals surface area contributed by atoms with Gasteiger partial charge in [-0.05, 0) is 62.1 Å². The Hall–Kier alpha value is -2.93. The smallest absolute Gasteiger partial charge is 0.328 e. The molecule has 1 unspecified atom stereocenters. The lowest BCUT2D eigenvalue weighted by atomic mass is 9.86. The summed E-state index contributed by atoms with van der Waals surface area (Å²) >= 11 is 0. The third-order valence-corrected chi connectivity index (χ3v) is 7.20. The number of piperidine rings is 1. The highest BCUT2D eigenvalue weighted by Gasteiger charge is 2.53. The monoisotopic (exact) mass is 447 g/mol. The number of likely N-dealkylation sites (tertiary alicyclic amines) is 1. The van der Waals surface area contributed by atoms with E-state index >= 15 is 0 Å². The van der Waals surface area contributed by atoms with E-state index in [0.717, 1.165) is 62.6 Å². The van der Waals surface area contributed by atoms with Crippen LogP contribution in [0.15, 0.2) is 53.8 Å².